The summed E-state index contributed by atoms with van der Waals surface area (Å²) < 4.78 is 0. The normalized spacial score (nSPS) is 9.86. The molecule has 1 rings (SSSR count). The molecule has 1 aromatic carbocycles. The number of carbonyl (C=O) groups is 1. The van der Waals surface area contributed by atoms with E-state index in [1.54, 1.807) is 6.92 Å². The molecule has 0 aliphatic carbocycles. The number of Topliss-reactive ketones (excluding diaryl/α,β-unsaturated/α-hetero) is 1. The molecule has 14 heavy (non-hydrogen) atoms. The quantitative estimate of drug-likeness (QED) is 0.335. The average Bonchev–Trinajstić information content (AvgIpc) is 2.17. The smallest absolute Gasteiger partial charge is 0.270 e. The van der Waals surface area contributed by atoms with Crippen LogP contribution in [0.25, 0.3) is 0 Å². The van der Waals surface area contributed by atoms with Gasteiger partial charge in [-0.15, -0.1) is 11.6 Å². The van der Waals surface area contributed by atoms with Gasteiger partial charge in [0.2, 0.25) is 0 Å². The molecule has 0 aromatic heterocycles. The number of nitro benzene ring substituents is 1. The van der Waals surface area contributed by atoms with Crippen LogP contribution in [0.2, 0.25) is 0 Å². The molecule has 0 spiro atoms. The molecule has 74 valence electrons. The Bertz CT molecular complexity index is 390. The van der Waals surface area contributed by atoms with Gasteiger partial charge in [-0.2, -0.15) is 0 Å². The van der Waals surface area contributed by atoms with Gasteiger partial charge in [0.15, 0.2) is 5.78 Å². The van der Waals surface area contributed by atoms with Gasteiger partial charge in [-0.05, 0) is 12.5 Å². The van der Waals surface area contributed by atoms with E-state index in [9.17, 15) is 14.9 Å². The summed E-state index contributed by atoms with van der Waals surface area (Å²) in [5.74, 6) is -0.463. The Morgan fingerprint density at radius 1 is 1.57 bits per heavy atom. The highest BCUT2D eigenvalue weighted by Gasteiger charge is 2.13. The third-order valence-corrected chi connectivity index (χ3v) is 2.10. The Morgan fingerprint density at radius 3 is 2.71 bits per heavy atom. The van der Waals surface area contributed by atoms with Crippen LogP contribution in [0.4, 0.5) is 5.69 Å². The average molecular weight is 214 g/mol. The van der Waals surface area contributed by atoms with E-state index in [0.29, 0.717) is 11.1 Å². The van der Waals surface area contributed by atoms with Crippen LogP contribution in [-0.4, -0.2) is 16.6 Å². The topological polar surface area (TPSA) is 60.2 Å². The lowest BCUT2D eigenvalue weighted by atomic mass is 10.1. The van der Waals surface area contributed by atoms with E-state index < -0.39 is 4.92 Å². The van der Waals surface area contributed by atoms with E-state index in [1.807, 2.05) is 0 Å². The number of hydrogen-bond acceptors (Lipinski definition) is 3. The summed E-state index contributed by atoms with van der Waals surface area (Å²) >= 11 is 5.37. The van der Waals surface area contributed by atoms with Crippen molar-refractivity contribution in [2.45, 2.75) is 6.92 Å². The molecule has 0 radical (unpaired) electrons. The van der Waals surface area contributed by atoms with Gasteiger partial charge in [0.05, 0.1) is 10.8 Å². The third kappa shape index (κ3) is 2.09. The van der Waals surface area contributed by atoms with Crippen LogP contribution in [-0.2, 0) is 0 Å². The van der Waals surface area contributed by atoms with Crippen LogP contribution in [0.3, 0.4) is 0 Å². The zero-order valence-electron chi connectivity index (χ0n) is 7.49. The Balaban J connectivity index is 3.21. The summed E-state index contributed by atoms with van der Waals surface area (Å²) in [5.41, 5.74) is 0.916. The van der Waals surface area contributed by atoms with Crippen molar-refractivity contribution < 1.29 is 9.72 Å². The minimum Gasteiger partial charge on any atom is -0.293 e. The molecule has 0 atom stereocenters. The molecule has 0 aliphatic heterocycles. The van der Waals surface area contributed by atoms with Crippen molar-refractivity contribution in [1.82, 2.24) is 0 Å². The molecule has 0 saturated carbocycles. The second-order valence-corrected chi connectivity index (χ2v) is 3.08. The minimum atomic E-state index is -0.537. The number of nitro groups is 1. The molecule has 0 bridgehead atoms. The molecular formula is C9H8ClNO3. The van der Waals surface area contributed by atoms with Gasteiger partial charge in [0.1, 0.15) is 0 Å². The summed E-state index contributed by atoms with van der Waals surface area (Å²) in [5, 5.41) is 10.4. The Kier molecular flexibility index (Phi) is 3.19. The summed E-state index contributed by atoms with van der Waals surface area (Å²) in [6.45, 7) is 1.71. The fraction of sp³-hybridized carbons (Fsp3) is 0.222. The highest BCUT2D eigenvalue weighted by atomic mass is 35.5. The molecule has 1 aromatic rings. The van der Waals surface area contributed by atoms with Crippen LogP contribution >= 0.6 is 11.6 Å². The lowest BCUT2D eigenvalue weighted by Crippen LogP contribution is -2.03. The molecule has 0 saturated heterocycles. The number of alkyl halides is 1. The molecule has 5 heteroatoms. The second-order valence-electron chi connectivity index (χ2n) is 2.81. The minimum absolute atomic E-state index is 0.0935. The third-order valence-electron chi connectivity index (χ3n) is 1.85. The summed E-state index contributed by atoms with van der Waals surface area (Å²) in [7, 11) is 0. The van der Waals surface area contributed by atoms with Gasteiger partial charge in [-0.1, -0.05) is 6.07 Å². The van der Waals surface area contributed by atoms with E-state index in [0.717, 1.165) is 0 Å². The van der Waals surface area contributed by atoms with Gasteiger partial charge in [0, 0.05) is 17.7 Å². The fourth-order valence-electron chi connectivity index (χ4n) is 1.10. The van der Waals surface area contributed by atoms with Gasteiger partial charge in [-0.3, -0.25) is 14.9 Å². The van der Waals surface area contributed by atoms with Crippen molar-refractivity contribution >= 4 is 23.1 Å². The van der Waals surface area contributed by atoms with E-state index in [1.165, 1.54) is 18.2 Å². The number of halogens is 1. The largest absolute Gasteiger partial charge is 0.293 e. The summed E-state index contributed by atoms with van der Waals surface area (Å²) in [4.78, 5) is 21.2. The molecule has 0 unspecified atom stereocenters. The van der Waals surface area contributed by atoms with Crippen molar-refractivity contribution in [2.24, 2.45) is 0 Å². The first-order valence-corrected chi connectivity index (χ1v) is 4.44. The van der Waals surface area contributed by atoms with Gasteiger partial charge < -0.3 is 0 Å². The van der Waals surface area contributed by atoms with E-state index >= 15 is 0 Å². The fourth-order valence-corrected chi connectivity index (χ4v) is 1.24. The highest BCUT2D eigenvalue weighted by molar-refractivity contribution is 6.30. The first kappa shape index (κ1) is 10.7. The molecule has 0 fully saturated rings. The van der Waals surface area contributed by atoms with Crippen LogP contribution in [0.15, 0.2) is 18.2 Å². The molecular weight excluding hydrogens is 206 g/mol. The Labute approximate surface area is 85.6 Å². The number of ketones is 1. The number of rotatable bonds is 3. The predicted octanol–water partition coefficient (Wildman–Crippen LogP) is 2.32. The van der Waals surface area contributed by atoms with Crippen LogP contribution in [0.5, 0.6) is 0 Å². The van der Waals surface area contributed by atoms with Crippen molar-refractivity contribution in [3.8, 4) is 0 Å². The van der Waals surface area contributed by atoms with Crippen molar-refractivity contribution in [3.63, 3.8) is 0 Å². The summed E-state index contributed by atoms with van der Waals surface area (Å²) in [6, 6.07) is 4.15. The highest BCUT2D eigenvalue weighted by Crippen LogP contribution is 2.17. The number of aryl methyl sites for hydroxylation is 1. The monoisotopic (exact) mass is 213 g/mol. The number of hydrogen-bond donors (Lipinski definition) is 0. The molecule has 0 aliphatic rings. The Hall–Kier alpha value is -1.42. The van der Waals surface area contributed by atoms with Gasteiger partial charge >= 0.3 is 0 Å². The van der Waals surface area contributed by atoms with Crippen LogP contribution in [0, 0.1) is 17.0 Å². The Morgan fingerprint density at radius 2 is 2.21 bits per heavy atom. The maximum Gasteiger partial charge on any atom is 0.270 e. The standard InChI is InChI=1S/C9H8ClNO3/c1-6-2-3-7(11(13)14)4-8(6)9(12)5-10/h2-4H,5H2,1H3. The van der Waals surface area contributed by atoms with E-state index in [2.05, 4.69) is 0 Å². The molecule has 4 nitrogen and oxygen atoms in total. The maximum atomic E-state index is 11.3. The first-order valence-electron chi connectivity index (χ1n) is 3.90. The first-order chi connectivity index (χ1) is 6.56. The molecule has 0 N–H and O–H groups in total. The SMILES string of the molecule is Cc1ccc([N+](=O)[O-])cc1C(=O)CCl. The van der Waals surface area contributed by atoms with E-state index in [4.69, 9.17) is 11.6 Å². The second kappa shape index (κ2) is 4.19. The number of carbonyl (C=O) groups excluding carboxylic acids is 1. The maximum absolute atomic E-state index is 11.3. The summed E-state index contributed by atoms with van der Waals surface area (Å²) in [6.07, 6.45) is 0. The number of benzene rings is 1. The van der Waals surface area contributed by atoms with Crippen molar-refractivity contribution in [2.75, 3.05) is 5.88 Å². The van der Waals surface area contributed by atoms with Crippen LogP contribution in [0.1, 0.15) is 15.9 Å². The zero-order chi connectivity index (χ0) is 10.7. The zero-order valence-corrected chi connectivity index (χ0v) is 8.25. The predicted molar refractivity (Wildman–Crippen MR) is 52.9 cm³/mol. The van der Waals surface area contributed by atoms with Crippen molar-refractivity contribution in [1.29, 1.82) is 0 Å². The number of non-ortho nitro benzene ring substituents is 1. The lowest BCUT2D eigenvalue weighted by Gasteiger charge is -2.01. The van der Waals surface area contributed by atoms with Crippen LogP contribution < -0.4 is 0 Å². The molecule has 0 amide bonds. The van der Waals surface area contributed by atoms with E-state index in [-0.39, 0.29) is 17.4 Å². The van der Waals surface area contributed by atoms with Gasteiger partial charge in [0.25, 0.3) is 5.69 Å². The molecule has 0 heterocycles. The number of nitrogens with zero attached hydrogens (tertiary/aromatic N) is 1. The van der Waals surface area contributed by atoms with Gasteiger partial charge in [-0.25, -0.2) is 0 Å². The lowest BCUT2D eigenvalue weighted by molar-refractivity contribution is -0.384. The van der Waals surface area contributed by atoms with Crippen molar-refractivity contribution in [3.05, 3.63) is 39.4 Å².